The molecule has 0 saturated heterocycles. The van der Waals surface area contributed by atoms with Crippen LogP contribution in [0.1, 0.15) is 33.9 Å². The maximum atomic E-state index is 6.44. The zero-order valence-electron chi connectivity index (χ0n) is 11.3. The van der Waals surface area contributed by atoms with Gasteiger partial charge in [0.2, 0.25) is 0 Å². The lowest BCUT2D eigenvalue weighted by Crippen LogP contribution is -2.15. The molecule has 0 aliphatic carbocycles. The molecule has 0 heterocycles. The van der Waals surface area contributed by atoms with Crippen molar-refractivity contribution in [1.29, 1.82) is 0 Å². The molecule has 2 aromatic rings. The summed E-state index contributed by atoms with van der Waals surface area (Å²) in [4.78, 5) is 0. The van der Waals surface area contributed by atoms with Gasteiger partial charge in [-0.15, -0.1) is 0 Å². The Kier molecular flexibility index (Phi) is 4.34. The van der Waals surface area contributed by atoms with Crippen LogP contribution in [0.15, 0.2) is 34.8 Å². The predicted octanol–water partition coefficient (Wildman–Crippen LogP) is 5.08. The number of nitrogens with two attached hydrogens (primary N) is 1. The largest absolute Gasteiger partial charge is 0.320 e. The van der Waals surface area contributed by atoms with Crippen LogP contribution in [0.3, 0.4) is 0 Å². The van der Waals surface area contributed by atoms with Crippen LogP contribution in [0.4, 0.5) is 0 Å². The van der Waals surface area contributed by atoms with E-state index < -0.39 is 0 Å². The third-order valence-electron chi connectivity index (χ3n) is 3.53. The first kappa shape index (κ1) is 14.6. The normalized spacial score (nSPS) is 12.5. The summed E-state index contributed by atoms with van der Waals surface area (Å²) in [6.07, 6.45) is 0. The van der Waals surface area contributed by atoms with E-state index in [0.717, 1.165) is 31.7 Å². The van der Waals surface area contributed by atoms with Crippen LogP contribution in [0.25, 0.3) is 0 Å². The van der Waals surface area contributed by atoms with Crippen molar-refractivity contribution in [2.75, 3.05) is 0 Å². The average molecular weight is 339 g/mol. The molecule has 0 aliphatic heterocycles. The maximum Gasteiger partial charge on any atom is 0.0557 e. The molecule has 0 radical (unpaired) electrons. The lowest BCUT2D eigenvalue weighted by atomic mass is 9.92. The summed E-state index contributed by atoms with van der Waals surface area (Å²) in [5, 5.41) is 0.791. The number of halogens is 2. The van der Waals surface area contributed by atoms with Crippen molar-refractivity contribution in [1.82, 2.24) is 0 Å². The van der Waals surface area contributed by atoms with Gasteiger partial charge in [0.05, 0.1) is 6.04 Å². The van der Waals surface area contributed by atoms with Crippen molar-refractivity contribution in [3.8, 4) is 0 Å². The summed E-state index contributed by atoms with van der Waals surface area (Å²) in [6, 6.07) is 10.1. The molecule has 2 N–H and O–H groups in total. The first-order valence-electron chi connectivity index (χ1n) is 6.19. The highest BCUT2D eigenvalue weighted by Gasteiger charge is 2.15. The van der Waals surface area contributed by atoms with E-state index in [4.69, 9.17) is 17.3 Å². The highest BCUT2D eigenvalue weighted by molar-refractivity contribution is 9.10. The molecule has 0 saturated carbocycles. The molecular formula is C16H17BrClN. The van der Waals surface area contributed by atoms with E-state index in [0.29, 0.717) is 0 Å². The fourth-order valence-corrected chi connectivity index (χ4v) is 2.87. The van der Waals surface area contributed by atoms with E-state index in [-0.39, 0.29) is 6.04 Å². The molecule has 3 heteroatoms. The van der Waals surface area contributed by atoms with Crippen molar-refractivity contribution in [2.45, 2.75) is 26.8 Å². The number of aryl methyl sites for hydroxylation is 2. The van der Waals surface area contributed by atoms with Crippen molar-refractivity contribution in [3.63, 3.8) is 0 Å². The minimum atomic E-state index is -0.131. The van der Waals surface area contributed by atoms with Gasteiger partial charge >= 0.3 is 0 Å². The topological polar surface area (TPSA) is 26.0 Å². The maximum absolute atomic E-state index is 6.44. The Morgan fingerprint density at radius 1 is 1.05 bits per heavy atom. The second kappa shape index (κ2) is 5.66. The van der Waals surface area contributed by atoms with Gasteiger partial charge in [-0.2, -0.15) is 0 Å². The summed E-state index contributed by atoms with van der Waals surface area (Å²) in [6.45, 7) is 6.14. The Morgan fingerprint density at radius 2 is 1.74 bits per heavy atom. The van der Waals surface area contributed by atoms with Crippen molar-refractivity contribution < 1.29 is 0 Å². The van der Waals surface area contributed by atoms with E-state index in [1.165, 1.54) is 5.56 Å². The molecule has 2 aromatic carbocycles. The van der Waals surface area contributed by atoms with Gasteiger partial charge in [-0.3, -0.25) is 0 Å². The third kappa shape index (κ3) is 2.86. The molecule has 1 unspecified atom stereocenters. The zero-order chi connectivity index (χ0) is 14.2. The van der Waals surface area contributed by atoms with Gasteiger partial charge in [0.25, 0.3) is 0 Å². The monoisotopic (exact) mass is 337 g/mol. The Labute approximate surface area is 127 Å². The van der Waals surface area contributed by atoms with E-state index in [1.54, 1.807) is 0 Å². The quantitative estimate of drug-likeness (QED) is 0.812. The van der Waals surface area contributed by atoms with Crippen LogP contribution in [0, 0.1) is 20.8 Å². The van der Waals surface area contributed by atoms with Gasteiger partial charge in [0.1, 0.15) is 0 Å². The van der Waals surface area contributed by atoms with Crippen molar-refractivity contribution >= 4 is 27.5 Å². The van der Waals surface area contributed by atoms with Crippen LogP contribution >= 0.6 is 27.5 Å². The highest BCUT2D eigenvalue weighted by atomic mass is 79.9. The van der Waals surface area contributed by atoms with Crippen LogP contribution < -0.4 is 5.73 Å². The van der Waals surface area contributed by atoms with E-state index >= 15 is 0 Å². The van der Waals surface area contributed by atoms with E-state index in [1.807, 2.05) is 32.0 Å². The van der Waals surface area contributed by atoms with Gasteiger partial charge < -0.3 is 5.73 Å². The van der Waals surface area contributed by atoms with E-state index in [2.05, 4.69) is 35.0 Å². The molecule has 2 rings (SSSR count). The first-order chi connectivity index (χ1) is 8.91. The molecule has 0 bridgehead atoms. The Morgan fingerprint density at radius 3 is 2.42 bits per heavy atom. The molecule has 1 nitrogen and oxygen atoms in total. The predicted molar refractivity (Wildman–Crippen MR) is 85.8 cm³/mol. The summed E-state index contributed by atoms with van der Waals surface area (Å²) in [7, 11) is 0. The van der Waals surface area contributed by atoms with E-state index in [9.17, 15) is 0 Å². The minimum Gasteiger partial charge on any atom is -0.320 e. The van der Waals surface area contributed by atoms with Crippen LogP contribution in [0.2, 0.25) is 5.02 Å². The Bertz CT molecular complexity index is 622. The number of benzene rings is 2. The van der Waals surface area contributed by atoms with Gasteiger partial charge in [-0.1, -0.05) is 45.7 Å². The molecule has 0 aliphatic rings. The zero-order valence-corrected chi connectivity index (χ0v) is 13.6. The van der Waals surface area contributed by atoms with Gasteiger partial charge in [-0.05, 0) is 60.7 Å². The number of hydrogen-bond donors (Lipinski definition) is 1. The number of rotatable bonds is 2. The summed E-state index contributed by atoms with van der Waals surface area (Å²) in [5.41, 5.74) is 12.1. The molecule has 19 heavy (non-hydrogen) atoms. The van der Waals surface area contributed by atoms with Crippen LogP contribution in [-0.4, -0.2) is 0 Å². The van der Waals surface area contributed by atoms with Crippen LogP contribution in [0.5, 0.6) is 0 Å². The molecule has 0 amide bonds. The smallest absolute Gasteiger partial charge is 0.0557 e. The lowest BCUT2D eigenvalue weighted by Gasteiger charge is -2.19. The third-order valence-corrected chi connectivity index (χ3v) is 4.79. The SMILES string of the molecule is Cc1cc(C(N)c2cccc(Br)c2C)c(C)cc1Cl. The molecule has 0 spiro atoms. The molecular weight excluding hydrogens is 322 g/mol. The second-order valence-electron chi connectivity index (χ2n) is 4.89. The van der Waals surface area contributed by atoms with Crippen LogP contribution in [-0.2, 0) is 0 Å². The molecule has 100 valence electrons. The van der Waals surface area contributed by atoms with Gasteiger partial charge in [-0.25, -0.2) is 0 Å². The highest BCUT2D eigenvalue weighted by Crippen LogP contribution is 2.31. The fraction of sp³-hybridized carbons (Fsp3) is 0.250. The standard InChI is InChI=1S/C16H17BrClN/c1-9-8-15(18)10(2)7-13(9)16(19)12-5-4-6-14(17)11(12)3/h4-8,16H,19H2,1-3H3. The molecule has 1 atom stereocenters. The van der Waals surface area contributed by atoms with Gasteiger partial charge in [0, 0.05) is 9.50 Å². The van der Waals surface area contributed by atoms with Gasteiger partial charge in [0.15, 0.2) is 0 Å². The average Bonchev–Trinajstić information content (AvgIpc) is 2.36. The summed E-state index contributed by atoms with van der Waals surface area (Å²) < 4.78 is 1.09. The Hall–Kier alpha value is -0.830. The molecule has 0 fully saturated rings. The fourth-order valence-electron chi connectivity index (χ4n) is 2.27. The minimum absolute atomic E-state index is 0.131. The van der Waals surface area contributed by atoms with Crippen molar-refractivity contribution in [2.24, 2.45) is 5.73 Å². The Balaban J connectivity index is 2.53. The lowest BCUT2D eigenvalue weighted by molar-refractivity contribution is 0.849. The molecule has 0 aromatic heterocycles. The van der Waals surface area contributed by atoms with Crippen molar-refractivity contribution in [3.05, 3.63) is 67.6 Å². The summed E-state index contributed by atoms with van der Waals surface area (Å²) >= 11 is 9.70. The first-order valence-corrected chi connectivity index (χ1v) is 7.36. The number of hydrogen-bond acceptors (Lipinski definition) is 1. The summed E-state index contributed by atoms with van der Waals surface area (Å²) in [5.74, 6) is 0. The second-order valence-corrected chi connectivity index (χ2v) is 6.15.